The van der Waals surface area contributed by atoms with E-state index in [0.717, 1.165) is 36.5 Å². The molecule has 0 radical (unpaired) electrons. The van der Waals surface area contributed by atoms with Crippen LogP contribution in [0.15, 0.2) is 0 Å². The van der Waals surface area contributed by atoms with Gasteiger partial charge in [-0.05, 0) is 18.8 Å². The molecule has 0 atom stereocenters. The molecule has 0 unspecified atom stereocenters. The summed E-state index contributed by atoms with van der Waals surface area (Å²) in [6.45, 7) is 11.4. The van der Waals surface area contributed by atoms with Crippen LogP contribution in [-0.2, 0) is 6.42 Å². The van der Waals surface area contributed by atoms with Gasteiger partial charge in [0, 0.05) is 12.1 Å². The second-order valence-electron chi connectivity index (χ2n) is 5.74. The summed E-state index contributed by atoms with van der Waals surface area (Å²) < 4.78 is 0. The van der Waals surface area contributed by atoms with E-state index in [1.807, 2.05) is 13.0 Å². The number of hydrogen-bond donors (Lipinski definition) is 1. The van der Waals surface area contributed by atoms with Gasteiger partial charge in [0.1, 0.15) is 11.9 Å². The number of nitrogens with one attached hydrogen (secondary N) is 1. The first kappa shape index (κ1) is 14.4. The SMILES string of the molecule is CCCc1nc(C#N)nc(NCC(C)(C)C)c1C. The van der Waals surface area contributed by atoms with Crippen molar-refractivity contribution in [1.82, 2.24) is 9.97 Å². The van der Waals surface area contributed by atoms with Crippen molar-refractivity contribution in [2.45, 2.75) is 47.5 Å². The van der Waals surface area contributed by atoms with Gasteiger partial charge in [-0.15, -0.1) is 0 Å². The van der Waals surface area contributed by atoms with Gasteiger partial charge in [-0.2, -0.15) is 5.26 Å². The Bertz CT molecular complexity index is 452. The Kier molecular flexibility index (Phi) is 4.66. The van der Waals surface area contributed by atoms with Gasteiger partial charge in [-0.3, -0.25) is 0 Å². The lowest BCUT2D eigenvalue weighted by Gasteiger charge is -2.20. The first-order valence-corrected chi connectivity index (χ1v) is 6.39. The van der Waals surface area contributed by atoms with E-state index in [4.69, 9.17) is 5.26 Å². The molecule has 0 fully saturated rings. The zero-order valence-electron chi connectivity index (χ0n) is 12.0. The molecule has 1 aromatic rings. The maximum atomic E-state index is 8.97. The molecule has 0 saturated carbocycles. The molecule has 4 heteroatoms. The predicted octanol–water partition coefficient (Wildman–Crippen LogP) is 3.07. The Morgan fingerprint density at radius 3 is 2.44 bits per heavy atom. The van der Waals surface area contributed by atoms with Crippen LogP contribution in [0.4, 0.5) is 5.82 Å². The van der Waals surface area contributed by atoms with Crippen molar-refractivity contribution in [2.24, 2.45) is 5.41 Å². The highest BCUT2D eigenvalue weighted by atomic mass is 15.0. The van der Waals surface area contributed by atoms with Crippen molar-refractivity contribution in [3.05, 3.63) is 17.1 Å². The highest BCUT2D eigenvalue weighted by Gasteiger charge is 2.14. The lowest BCUT2D eigenvalue weighted by molar-refractivity contribution is 0.442. The van der Waals surface area contributed by atoms with Gasteiger partial charge in [0.2, 0.25) is 5.82 Å². The fourth-order valence-electron chi connectivity index (χ4n) is 1.61. The smallest absolute Gasteiger partial charge is 0.234 e. The Balaban J connectivity index is 3.03. The number of nitrogens with zero attached hydrogens (tertiary/aromatic N) is 3. The van der Waals surface area contributed by atoms with Crippen molar-refractivity contribution in [3.63, 3.8) is 0 Å². The van der Waals surface area contributed by atoms with Crippen LogP contribution in [0, 0.1) is 23.7 Å². The number of rotatable bonds is 4. The molecule has 0 amide bonds. The second kappa shape index (κ2) is 5.81. The number of anilines is 1. The van der Waals surface area contributed by atoms with Gasteiger partial charge >= 0.3 is 0 Å². The maximum absolute atomic E-state index is 8.97. The molecule has 0 spiro atoms. The Labute approximate surface area is 109 Å². The van der Waals surface area contributed by atoms with E-state index < -0.39 is 0 Å². The van der Waals surface area contributed by atoms with Crippen molar-refractivity contribution in [2.75, 3.05) is 11.9 Å². The van der Waals surface area contributed by atoms with E-state index in [9.17, 15) is 0 Å². The van der Waals surface area contributed by atoms with Crippen molar-refractivity contribution in [3.8, 4) is 6.07 Å². The van der Waals surface area contributed by atoms with E-state index in [1.165, 1.54) is 0 Å². The highest BCUT2D eigenvalue weighted by molar-refractivity contribution is 5.47. The summed E-state index contributed by atoms with van der Waals surface area (Å²) in [5, 5.41) is 12.3. The predicted molar refractivity (Wildman–Crippen MR) is 73.4 cm³/mol. The lowest BCUT2D eigenvalue weighted by atomic mass is 9.97. The number of aromatic nitrogens is 2. The van der Waals surface area contributed by atoms with Crippen LogP contribution in [0.25, 0.3) is 0 Å². The summed E-state index contributed by atoms with van der Waals surface area (Å²) in [6, 6.07) is 2.03. The minimum atomic E-state index is 0.176. The van der Waals surface area contributed by atoms with Crippen molar-refractivity contribution < 1.29 is 0 Å². The molecule has 1 heterocycles. The van der Waals surface area contributed by atoms with Gasteiger partial charge in [-0.1, -0.05) is 34.1 Å². The highest BCUT2D eigenvalue weighted by Crippen LogP contribution is 2.19. The van der Waals surface area contributed by atoms with Crippen LogP contribution in [-0.4, -0.2) is 16.5 Å². The number of aryl methyl sites for hydroxylation is 1. The normalized spacial score (nSPS) is 11.1. The van der Waals surface area contributed by atoms with Crippen molar-refractivity contribution >= 4 is 5.82 Å². The number of nitriles is 1. The lowest BCUT2D eigenvalue weighted by Crippen LogP contribution is -2.21. The van der Waals surface area contributed by atoms with Crippen LogP contribution in [0.5, 0.6) is 0 Å². The average Bonchev–Trinajstić information content (AvgIpc) is 2.29. The largest absolute Gasteiger partial charge is 0.369 e. The Hall–Kier alpha value is -1.63. The van der Waals surface area contributed by atoms with E-state index in [0.29, 0.717) is 0 Å². The summed E-state index contributed by atoms with van der Waals surface area (Å²) in [5.74, 6) is 1.04. The van der Waals surface area contributed by atoms with E-state index in [1.54, 1.807) is 0 Å². The van der Waals surface area contributed by atoms with Gasteiger partial charge in [0.15, 0.2) is 0 Å². The summed E-state index contributed by atoms with van der Waals surface area (Å²) in [7, 11) is 0. The summed E-state index contributed by atoms with van der Waals surface area (Å²) in [4.78, 5) is 8.53. The van der Waals surface area contributed by atoms with E-state index >= 15 is 0 Å². The van der Waals surface area contributed by atoms with Crippen molar-refractivity contribution in [1.29, 1.82) is 5.26 Å². The molecule has 1 aromatic heterocycles. The topological polar surface area (TPSA) is 61.6 Å². The standard InChI is InChI=1S/C14H22N4/c1-6-7-11-10(2)13(16-9-14(3,4)5)18-12(8-15)17-11/h6-7,9H2,1-5H3,(H,16,17,18). The maximum Gasteiger partial charge on any atom is 0.234 e. The molecule has 98 valence electrons. The first-order chi connectivity index (χ1) is 8.37. The minimum Gasteiger partial charge on any atom is -0.369 e. The first-order valence-electron chi connectivity index (χ1n) is 6.39. The third-order valence-electron chi connectivity index (χ3n) is 2.62. The molecule has 1 rings (SSSR count). The molecule has 4 nitrogen and oxygen atoms in total. The summed E-state index contributed by atoms with van der Waals surface area (Å²) >= 11 is 0. The second-order valence-corrected chi connectivity index (χ2v) is 5.74. The third kappa shape index (κ3) is 3.99. The van der Waals surface area contributed by atoms with Crippen LogP contribution in [0.1, 0.15) is 51.2 Å². The molecule has 0 aliphatic rings. The van der Waals surface area contributed by atoms with Gasteiger partial charge in [0.05, 0.1) is 5.69 Å². The van der Waals surface area contributed by atoms with Gasteiger partial charge in [-0.25, -0.2) is 9.97 Å². The molecule has 0 aliphatic carbocycles. The monoisotopic (exact) mass is 246 g/mol. The van der Waals surface area contributed by atoms with Gasteiger partial charge < -0.3 is 5.32 Å². The van der Waals surface area contributed by atoms with Crippen LogP contribution in [0.2, 0.25) is 0 Å². The fourth-order valence-corrected chi connectivity index (χ4v) is 1.61. The van der Waals surface area contributed by atoms with E-state index in [-0.39, 0.29) is 11.2 Å². The molecular formula is C14H22N4. The van der Waals surface area contributed by atoms with Crippen LogP contribution in [0.3, 0.4) is 0 Å². The number of hydrogen-bond acceptors (Lipinski definition) is 4. The van der Waals surface area contributed by atoms with Crippen LogP contribution >= 0.6 is 0 Å². The quantitative estimate of drug-likeness (QED) is 0.887. The molecule has 0 aliphatic heterocycles. The zero-order valence-corrected chi connectivity index (χ0v) is 12.0. The van der Waals surface area contributed by atoms with E-state index in [2.05, 4.69) is 43.0 Å². The van der Waals surface area contributed by atoms with Crippen LogP contribution < -0.4 is 5.32 Å². The summed E-state index contributed by atoms with van der Waals surface area (Å²) in [5.41, 5.74) is 2.20. The molecule has 0 saturated heterocycles. The fraction of sp³-hybridized carbons (Fsp3) is 0.643. The average molecular weight is 246 g/mol. The minimum absolute atomic E-state index is 0.176. The zero-order chi connectivity index (χ0) is 13.8. The van der Waals surface area contributed by atoms with Gasteiger partial charge in [0.25, 0.3) is 0 Å². The third-order valence-corrected chi connectivity index (χ3v) is 2.62. The summed E-state index contributed by atoms with van der Waals surface area (Å²) in [6.07, 6.45) is 1.90. The molecular weight excluding hydrogens is 224 g/mol. The molecule has 18 heavy (non-hydrogen) atoms. The Morgan fingerprint density at radius 2 is 1.94 bits per heavy atom. The Morgan fingerprint density at radius 1 is 1.28 bits per heavy atom. The molecule has 0 bridgehead atoms. The molecule has 1 N–H and O–H groups in total. The molecule has 0 aromatic carbocycles.